The summed E-state index contributed by atoms with van der Waals surface area (Å²) in [6, 6.07) is 3.24. The van der Waals surface area contributed by atoms with Crippen LogP contribution < -0.4 is 0 Å². The molecule has 0 aliphatic heterocycles. The van der Waals surface area contributed by atoms with Gasteiger partial charge in [-0.2, -0.15) is 0 Å². The summed E-state index contributed by atoms with van der Waals surface area (Å²) in [6.07, 6.45) is 4.93. The molecular weight excluding hydrogens is 322 g/mol. The summed E-state index contributed by atoms with van der Waals surface area (Å²) in [4.78, 5) is 14.4. The lowest BCUT2D eigenvalue weighted by Crippen LogP contribution is -2.17. The van der Waals surface area contributed by atoms with E-state index >= 15 is 0 Å². The molecular formula is C19H25NO5. The summed E-state index contributed by atoms with van der Waals surface area (Å²) in [6.45, 7) is 8.07. The number of nitrogens with zero attached hydrogens (tertiary/aromatic N) is 1. The number of phenols is 2. The maximum Gasteiger partial charge on any atom is 0.294 e. The lowest BCUT2D eigenvalue weighted by Gasteiger charge is -2.31. The van der Waals surface area contributed by atoms with Crippen LogP contribution in [0.5, 0.6) is 11.5 Å². The summed E-state index contributed by atoms with van der Waals surface area (Å²) in [5, 5.41) is 30.3. The zero-order chi connectivity index (χ0) is 18.6. The molecule has 0 saturated carbocycles. The van der Waals surface area contributed by atoms with Gasteiger partial charge in [-0.3, -0.25) is 0 Å². The normalized spacial score (nSPS) is 20.0. The van der Waals surface area contributed by atoms with Gasteiger partial charge in [-0.25, -0.2) is 0 Å². The fourth-order valence-electron chi connectivity index (χ4n) is 3.49. The van der Waals surface area contributed by atoms with Crippen molar-refractivity contribution >= 4 is 0 Å². The molecule has 2 rings (SSSR count). The quantitative estimate of drug-likeness (QED) is 0.333. The Labute approximate surface area is 147 Å². The molecule has 6 heteroatoms. The van der Waals surface area contributed by atoms with Crippen LogP contribution >= 0.6 is 0 Å². The van der Waals surface area contributed by atoms with Gasteiger partial charge in [0.15, 0.2) is 0 Å². The van der Waals surface area contributed by atoms with Gasteiger partial charge in [0.05, 0.1) is 6.61 Å². The Hall–Kier alpha value is -2.50. The third-order valence-electron chi connectivity index (χ3n) is 4.72. The lowest BCUT2D eigenvalue weighted by molar-refractivity contribution is -0.757. The van der Waals surface area contributed by atoms with Gasteiger partial charge in [0, 0.05) is 11.5 Å². The van der Waals surface area contributed by atoms with E-state index < -0.39 is 5.09 Å². The summed E-state index contributed by atoms with van der Waals surface area (Å²) in [7, 11) is 0. The smallest absolute Gasteiger partial charge is 0.294 e. The molecule has 136 valence electrons. The molecule has 0 fully saturated rings. The van der Waals surface area contributed by atoms with E-state index in [0.29, 0.717) is 24.0 Å². The van der Waals surface area contributed by atoms with Gasteiger partial charge in [-0.15, -0.1) is 10.1 Å². The molecule has 1 aliphatic rings. The average molecular weight is 347 g/mol. The first-order chi connectivity index (χ1) is 11.8. The predicted octanol–water partition coefficient (Wildman–Crippen LogP) is 4.25. The van der Waals surface area contributed by atoms with Crippen LogP contribution in [0.25, 0.3) is 0 Å². The van der Waals surface area contributed by atoms with E-state index in [4.69, 9.17) is 0 Å². The molecule has 2 atom stereocenters. The van der Waals surface area contributed by atoms with Crippen molar-refractivity contribution in [1.82, 2.24) is 0 Å². The molecule has 1 aliphatic carbocycles. The van der Waals surface area contributed by atoms with Crippen molar-refractivity contribution in [1.29, 1.82) is 0 Å². The molecule has 25 heavy (non-hydrogen) atoms. The molecule has 0 amide bonds. The van der Waals surface area contributed by atoms with Crippen LogP contribution in [-0.4, -0.2) is 21.9 Å². The van der Waals surface area contributed by atoms with Crippen LogP contribution in [0.1, 0.15) is 50.2 Å². The number of allylic oxidation sites excluding steroid dienone is 3. The second-order valence-electron chi connectivity index (χ2n) is 6.74. The van der Waals surface area contributed by atoms with Crippen LogP contribution in [0.15, 0.2) is 35.9 Å². The van der Waals surface area contributed by atoms with Gasteiger partial charge >= 0.3 is 0 Å². The molecule has 0 heterocycles. The van der Waals surface area contributed by atoms with Gasteiger partial charge in [0.25, 0.3) is 5.09 Å². The Bertz CT molecular complexity index is 672. The van der Waals surface area contributed by atoms with Crippen molar-refractivity contribution in [2.45, 2.75) is 45.4 Å². The maximum atomic E-state index is 10.5. The van der Waals surface area contributed by atoms with E-state index in [1.807, 2.05) is 6.92 Å². The van der Waals surface area contributed by atoms with E-state index in [1.54, 1.807) is 12.1 Å². The number of rotatable bonds is 7. The minimum absolute atomic E-state index is 0.0153. The van der Waals surface area contributed by atoms with E-state index in [-0.39, 0.29) is 29.9 Å². The first-order valence-electron chi connectivity index (χ1n) is 8.44. The van der Waals surface area contributed by atoms with E-state index in [9.17, 15) is 20.3 Å². The van der Waals surface area contributed by atoms with Crippen molar-refractivity contribution in [3.8, 4) is 11.5 Å². The molecule has 6 nitrogen and oxygen atoms in total. The fourth-order valence-corrected chi connectivity index (χ4v) is 3.49. The van der Waals surface area contributed by atoms with E-state index in [0.717, 1.165) is 18.4 Å². The Morgan fingerprint density at radius 1 is 1.40 bits per heavy atom. The lowest BCUT2D eigenvalue weighted by atomic mass is 9.73. The molecule has 1 aromatic rings. The minimum Gasteiger partial charge on any atom is -0.507 e. The Balaban J connectivity index is 2.22. The molecule has 0 bridgehead atoms. The largest absolute Gasteiger partial charge is 0.507 e. The van der Waals surface area contributed by atoms with Crippen LogP contribution in [0.4, 0.5) is 0 Å². The highest BCUT2D eigenvalue weighted by molar-refractivity contribution is 5.51. The van der Waals surface area contributed by atoms with Gasteiger partial charge in [-0.05, 0) is 63.1 Å². The monoisotopic (exact) mass is 347 g/mol. The van der Waals surface area contributed by atoms with Crippen molar-refractivity contribution in [3.63, 3.8) is 0 Å². The third kappa shape index (κ3) is 4.75. The molecule has 2 N–H and O–H groups in total. The highest BCUT2D eigenvalue weighted by Gasteiger charge is 2.30. The zero-order valence-corrected chi connectivity index (χ0v) is 14.7. The highest BCUT2D eigenvalue weighted by Crippen LogP contribution is 2.46. The molecule has 0 aromatic heterocycles. The number of hydrogen-bond acceptors (Lipinski definition) is 5. The summed E-state index contributed by atoms with van der Waals surface area (Å²) >= 11 is 0. The van der Waals surface area contributed by atoms with Gasteiger partial charge < -0.3 is 15.1 Å². The first-order valence-corrected chi connectivity index (χ1v) is 8.44. The van der Waals surface area contributed by atoms with Crippen molar-refractivity contribution in [3.05, 3.63) is 57.2 Å². The Morgan fingerprint density at radius 3 is 2.60 bits per heavy atom. The molecule has 1 aromatic carbocycles. The van der Waals surface area contributed by atoms with Gasteiger partial charge in [0.2, 0.25) is 0 Å². The molecule has 0 saturated heterocycles. The van der Waals surface area contributed by atoms with Crippen molar-refractivity contribution in [2.75, 3.05) is 6.61 Å². The van der Waals surface area contributed by atoms with Gasteiger partial charge in [0.1, 0.15) is 11.5 Å². The molecule has 0 spiro atoms. The number of hydrogen-bond donors (Lipinski definition) is 2. The zero-order valence-electron chi connectivity index (χ0n) is 14.7. The van der Waals surface area contributed by atoms with Crippen LogP contribution in [0, 0.1) is 16.0 Å². The summed E-state index contributed by atoms with van der Waals surface area (Å²) in [5.74, 6) is 0.178. The van der Waals surface area contributed by atoms with Gasteiger partial charge in [-0.1, -0.05) is 23.8 Å². The second-order valence-corrected chi connectivity index (χ2v) is 6.74. The highest BCUT2D eigenvalue weighted by atomic mass is 16.9. The average Bonchev–Trinajstić information content (AvgIpc) is 2.50. The third-order valence-corrected chi connectivity index (χ3v) is 4.72. The van der Waals surface area contributed by atoms with E-state index in [1.165, 1.54) is 5.57 Å². The standard InChI is InChI=1S/C19H25NO5/c1-12(2)15-7-6-13(3)9-16(15)19-17(21)10-14(11-18(19)22)5-4-8-25-20(23)24/h9-11,15-16,21-22H,1,4-8H2,2-3H3/t15-,16?/m0/s1. The maximum absolute atomic E-state index is 10.5. The Kier molecular flexibility index (Phi) is 6.07. The SMILES string of the molecule is C=C(C)[C@@H]1CCC(C)=CC1c1c(O)cc(CCCO[N+](=O)[O-])cc1O. The van der Waals surface area contributed by atoms with E-state index in [2.05, 4.69) is 24.4 Å². The van der Waals surface area contributed by atoms with Crippen molar-refractivity contribution < 1.29 is 20.1 Å². The first kappa shape index (κ1) is 18.8. The topological polar surface area (TPSA) is 92.8 Å². The fraction of sp³-hybridized carbons (Fsp3) is 0.474. The van der Waals surface area contributed by atoms with Crippen LogP contribution in [-0.2, 0) is 11.3 Å². The van der Waals surface area contributed by atoms with Crippen molar-refractivity contribution in [2.24, 2.45) is 5.92 Å². The number of aromatic hydroxyl groups is 2. The number of aryl methyl sites for hydroxylation is 1. The van der Waals surface area contributed by atoms with Crippen LogP contribution in [0.3, 0.4) is 0 Å². The number of phenolic OH excluding ortho intramolecular Hbond substituents is 2. The predicted molar refractivity (Wildman–Crippen MR) is 95.1 cm³/mol. The molecule has 0 radical (unpaired) electrons. The second kappa shape index (κ2) is 8.05. The Morgan fingerprint density at radius 2 is 2.04 bits per heavy atom. The minimum atomic E-state index is -0.826. The molecule has 1 unspecified atom stereocenters. The summed E-state index contributed by atoms with van der Waals surface area (Å²) < 4.78 is 0. The van der Waals surface area contributed by atoms with Crippen LogP contribution in [0.2, 0.25) is 0 Å². The summed E-state index contributed by atoms with van der Waals surface area (Å²) in [5.41, 5.74) is 3.52. The number of benzene rings is 1.